The van der Waals surface area contributed by atoms with Gasteiger partial charge in [-0.2, -0.15) is 0 Å². The standard InChI is InChI=1S/C6H7NO2S.ClH/c7-5-3-10-2-4(5)1-6(8)9;/h2-3H,1,7H2,(H,8,9);1H. The van der Waals surface area contributed by atoms with Crippen molar-refractivity contribution < 1.29 is 9.90 Å². The normalized spacial score (nSPS) is 8.73. The third-order valence-corrected chi connectivity index (χ3v) is 1.93. The van der Waals surface area contributed by atoms with Crippen LogP contribution in [0.25, 0.3) is 0 Å². The summed E-state index contributed by atoms with van der Waals surface area (Å²) in [6.07, 6.45) is 0.0231. The largest absolute Gasteiger partial charge is 0.481 e. The molecule has 1 aromatic heterocycles. The zero-order valence-electron chi connectivity index (χ0n) is 5.61. The predicted octanol–water partition coefficient (Wildman–Crippen LogP) is 1.38. The van der Waals surface area contributed by atoms with Crippen LogP contribution in [0, 0.1) is 0 Å². The zero-order valence-corrected chi connectivity index (χ0v) is 7.24. The van der Waals surface area contributed by atoms with Gasteiger partial charge in [0.25, 0.3) is 0 Å². The molecular weight excluding hydrogens is 186 g/mol. The number of nitrogen functional groups attached to an aromatic ring is 1. The number of hydrogen-bond acceptors (Lipinski definition) is 3. The highest BCUT2D eigenvalue weighted by molar-refractivity contribution is 7.08. The summed E-state index contributed by atoms with van der Waals surface area (Å²) < 4.78 is 0. The lowest BCUT2D eigenvalue weighted by atomic mass is 10.2. The van der Waals surface area contributed by atoms with Gasteiger partial charge >= 0.3 is 5.97 Å². The first kappa shape index (κ1) is 10.3. The fourth-order valence-electron chi connectivity index (χ4n) is 0.640. The minimum atomic E-state index is -0.842. The average Bonchev–Trinajstić information content (AvgIpc) is 2.15. The first-order valence-corrected chi connectivity index (χ1v) is 3.67. The molecule has 1 aromatic rings. The number of carboxylic acid groups (broad SMARTS) is 1. The molecule has 0 bridgehead atoms. The van der Waals surface area contributed by atoms with Crippen molar-refractivity contribution in [2.45, 2.75) is 6.42 Å². The quantitative estimate of drug-likeness (QED) is 0.746. The second-order valence-electron chi connectivity index (χ2n) is 1.92. The molecule has 0 aromatic carbocycles. The van der Waals surface area contributed by atoms with Crippen LogP contribution in [-0.4, -0.2) is 11.1 Å². The van der Waals surface area contributed by atoms with Gasteiger partial charge in [0, 0.05) is 11.1 Å². The van der Waals surface area contributed by atoms with Gasteiger partial charge in [0.1, 0.15) is 0 Å². The first-order chi connectivity index (χ1) is 4.70. The molecule has 0 aliphatic heterocycles. The molecule has 3 N–H and O–H groups in total. The van der Waals surface area contributed by atoms with E-state index in [9.17, 15) is 4.79 Å². The zero-order chi connectivity index (χ0) is 7.56. The third kappa shape index (κ3) is 2.78. The van der Waals surface area contributed by atoms with Crippen molar-refractivity contribution in [3.8, 4) is 0 Å². The van der Waals surface area contributed by atoms with E-state index in [1.807, 2.05) is 0 Å². The lowest BCUT2D eigenvalue weighted by Crippen LogP contribution is -2.00. The Balaban J connectivity index is 0.000001000. The van der Waals surface area contributed by atoms with Crippen molar-refractivity contribution in [2.24, 2.45) is 0 Å². The van der Waals surface area contributed by atoms with Crippen LogP contribution in [0.1, 0.15) is 5.56 Å². The van der Waals surface area contributed by atoms with Crippen LogP contribution < -0.4 is 5.73 Å². The monoisotopic (exact) mass is 193 g/mol. The molecule has 0 amide bonds. The van der Waals surface area contributed by atoms with Crippen LogP contribution in [0.4, 0.5) is 5.69 Å². The van der Waals surface area contributed by atoms with E-state index >= 15 is 0 Å². The number of carboxylic acids is 1. The number of anilines is 1. The molecule has 0 radical (unpaired) electrons. The maximum atomic E-state index is 10.2. The van der Waals surface area contributed by atoms with Crippen molar-refractivity contribution in [1.29, 1.82) is 0 Å². The van der Waals surface area contributed by atoms with E-state index in [1.54, 1.807) is 10.8 Å². The molecule has 0 saturated carbocycles. The minimum Gasteiger partial charge on any atom is -0.481 e. The number of carbonyl (C=O) groups is 1. The highest BCUT2D eigenvalue weighted by atomic mass is 35.5. The van der Waals surface area contributed by atoms with E-state index in [-0.39, 0.29) is 18.8 Å². The molecule has 11 heavy (non-hydrogen) atoms. The van der Waals surface area contributed by atoms with Gasteiger partial charge in [-0.25, -0.2) is 0 Å². The third-order valence-electron chi connectivity index (χ3n) is 1.12. The van der Waals surface area contributed by atoms with Crippen molar-refractivity contribution in [1.82, 2.24) is 0 Å². The van der Waals surface area contributed by atoms with Crippen LogP contribution in [0.2, 0.25) is 0 Å². The Morgan fingerprint density at radius 3 is 2.64 bits per heavy atom. The molecule has 0 atom stereocenters. The predicted molar refractivity (Wildman–Crippen MR) is 47.3 cm³/mol. The smallest absolute Gasteiger partial charge is 0.307 e. The molecule has 0 fully saturated rings. The van der Waals surface area contributed by atoms with Crippen molar-refractivity contribution in [2.75, 3.05) is 5.73 Å². The SMILES string of the molecule is Cl.Nc1cscc1CC(=O)O. The fraction of sp³-hybridized carbons (Fsp3) is 0.167. The van der Waals surface area contributed by atoms with Gasteiger partial charge in [-0.1, -0.05) is 0 Å². The summed E-state index contributed by atoms with van der Waals surface area (Å²) in [6.45, 7) is 0. The van der Waals surface area contributed by atoms with Gasteiger partial charge in [-0.3, -0.25) is 4.79 Å². The number of rotatable bonds is 2. The summed E-state index contributed by atoms with van der Waals surface area (Å²) in [5.74, 6) is -0.842. The van der Waals surface area contributed by atoms with Gasteiger partial charge < -0.3 is 10.8 Å². The fourth-order valence-corrected chi connectivity index (χ4v) is 1.39. The highest BCUT2D eigenvalue weighted by Crippen LogP contribution is 2.17. The molecule has 1 rings (SSSR count). The summed E-state index contributed by atoms with van der Waals surface area (Å²) in [5, 5.41) is 11.8. The molecule has 5 heteroatoms. The topological polar surface area (TPSA) is 63.3 Å². The Bertz CT molecular complexity index is 248. The van der Waals surface area contributed by atoms with Crippen molar-refractivity contribution in [3.63, 3.8) is 0 Å². The second-order valence-corrected chi connectivity index (χ2v) is 2.67. The lowest BCUT2D eigenvalue weighted by Gasteiger charge is -1.91. The Kier molecular flexibility index (Phi) is 3.92. The van der Waals surface area contributed by atoms with E-state index < -0.39 is 5.97 Å². The Morgan fingerprint density at radius 2 is 2.27 bits per heavy atom. The Hall–Kier alpha value is -0.740. The van der Waals surface area contributed by atoms with E-state index in [4.69, 9.17) is 10.8 Å². The maximum Gasteiger partial charge on any atom is 0.307 e. The summed E-state index contributed by atoms with van der Waals surface area (Å²) >= 11 is 1.42. The number of halogens is 1. The van der Waals surface area contributed by atoms with Crippen LogP contribution in [0.15, 0.2) is 10.8 Å². The molecule has 0 spiro atoms. The van der Waals surface area contributed by atoms with Crippen molar-refractivity contribution in [3.05, 3.63) is 16.3 Å². The molecular formula is C6H8ClNO2S. The summed E-state index contributed by atoms with van der Waals surface area (Å²) in [5.41, 5.74) is 6.72. The van der Waals surface area contributed by atoms with Gasteiger partial charge in [-0.05, 0) is 10.9 Å². The van der Waals surface area contributed by atoms with Crippen LogP contribution >= 0.6 is 23.7 Å². The molecule has 1 heterocycles. The van der Waals surface area contributed by atoms with E-state index in [0.29, 0.717) is 11.3 Å². The second kappa shape index (κ2) is 4.20. The van der Waals surface area contributed by atoms with E-state index in [0.717, 1.165) is 0 Å². The summed E-state index contributed by atoms with van der Waals surface area (Å²) in [6, 6.07) is 0. The number of nitrogens with two attached hydrogens (primary N) is 1. The molecule has 0 aliphatic carbocycles. The van der Waals surface area contributed by atoms with Crippen LogP contribution in [0.3, 0.4) is 0 Å². The van der Waals surface area contributed by atoms with Gasteiger partial charge in [0.2, 0.25) is 0 Å². The van der Waals surface area contributed by atoms with Gasteiger partial charge in [-0.15, -0.1) is 23.7 Å². The first-order valence-electron chi connectivity index (χ1n) is 2.72. The molecule has 3 nitrogen and oxygen atoms in total. The highest BCUT2D eigenvalue weighted by Gasteiger charge is 2.03. The molecule has 62 valence electrons. The Morgan fingerprint density at radius 1 is 1.64 bits per heavy atom. The van der Waals surface area contributed by atoms with E-state index in [1.165, 1.54) is 11.3 Å². The minimum absolute atomic E-state index is 0. The van der Waals surface area contributed by atoms with Crippen LogP contribution in [-0.2, 0) is 11.2 Å². The van der Waals surface area contributed by atoms with Crippen molar-refractivity contribution >= 4 is 35.4 Å². The van der Waals surface area contributed by atoms with Gasteiger partial charge in [0.15, 0.2) is 0 Å². The summed E-state index contributed by atoms with van der Waals surface area (Å²) in [7, 11) is 0. The molecule has 0 unspecified atom stereocenters. The van der Waals surface area contributed by atoms with Gasteiger partial charge in [0.05, 0.1) is 6.42 Å². The lowest BCUT2D eigenvalue weighted by molar-refractivity contribution is -0.136. The van der Waals surface area contributed by atoms with Crippen LogP contribution in [0.5, 0.6) is 0 Å². The molecule has 0 saturated heterocycles. The average molecular weight is 194 g/mol. The summed E-state index contributed by atoms with van der Waals surface area (Å²) in [4.78, 5) is 10.2. The number of thiophene rings is 1. The molecule has 0 aliphatic rings. The van der Waals surface area contributed by atoms with E-state index in [2.05, 4.69) is 0 Å². The maximum absolute atomic E-state index is 10.2. The number of aliphatic carboxylic acids is 1. The Labute approximate surface area is 74.3 Å². The number of hydrogen-bond donors (Lipinski definition) is 2.